The highest BCUT2D eigenvalue weighted by Crippen LogP contribution is 2.40. The molecule has 1 aromatic heterocycles. The van der Waals surface area contributed by atoms with Crippen LogP contribution in [0.25, 0.3) is 32.8 Å². The van der Waals surface area contributed by atoms with Crippen LogP contribution in [-0.2, 0) is 15.6 Å². The number of pyridine rings is 1. The van der Waals surface area contributed by atoms with Crippen molar-refractivity contribution in [3.63, 3.8) is 0 Å². The molecule has 0 radical (unpaired) electrons. The van der Waals surface area contributed by atoms with E-state index in [1.54, 1.807) is 0 Å². The quantitative estimate of drug-likeness (QED) is 0.186. The zero-order chi connectivity index (χ0) is 32.2. The van der Waals surface area contributed by atoms with Crippen LogP contribution in [0.5, 0.6) is 11.5 Å². The van der Waals surface area contributed by atoms with Gasteiger partial charge in [-0.3, -0.25) is 4.99 Å². The van der Waals surface area contributed by atoms with E-state index in [0.717, 1.165) is 38.8 Å². The van der Waals surface area contributed by atoms with Crippen molar-refractivity contribution in [3.05, 3.63) is 150 Å². The predicted octanol–water partition coefficient (Wildman–Crippen LogP) is 9.72. The van der Waals surface area contributed by atoms with Crippen molar-refractivity contribution < 1.29 is 11.4 Å². The van der Waals surface area contributed by atoms with E-state index in [2.05, 4.69) is 113 Å². The van der Waals surface area contributed by atoms with E-state index in [1.165, 1.54) is 16.7 Å². The van der Waals surface area contributed by atoms with Gasteiger partial charge in [0.25, 0.3) is 0 Å². The highest BCUT2D eigenvalue weighted by Gasteiger charge is 2.47. The molecular weight excluding hydrogens is 595 g/mol. The summed E-state index contributed by atoms with van der Waals surface area (Å²) in [6, 6.07) is 31.7. The minimum Gasteiger partial charge on any atom is -0.577 e. The first kappa shape index (κ1) is 29.5. The molecule has 0 N–H and O–H groups in total. The number of fused-ring (bicyclic) bond motifs is 2. The number of dihydropyridines is 1. The second-order valence-electron chi connectivity index (χ2n) is 13.7. The fourth-order valence-electron chi connectivity index (χ4n) is 6.34. The molecule has 1 unspecified atom stereocenters. The monoisotopic (exact) mass is 630 g/mol. The molecule has 0 saturated heterocycles. The third-order valence-corrected chi connectivity index (χ3v) is 10.5. The van der Waals surface area contributed by atoms with Gasteiger partial charge in [0, 0.05) is 28.6 Å². The lowest BCUT2D eigenvalue weighted by Crippen LogP contribution is -2.34. The van der Waals surface area contributed by atoms with Crippen LogP contribution < -0.4 is 7.58 Å². The zero-order valence-electron chi connectivity index (χ0n) is 27.0. The van der Waals surface area contributed by atoms with E-state index in [4.69, 9.17) is 21.3 Å². The Morgan fingerprint density at radius 2 is 1.55 bits per heavy atom. The van der Waals surface area contributed by atoms with Crippen LogP contribution >= 0.6 is 0 Å². The number of hydrogen-bond donors (Lipinski definition) is 0. The number of aliphatic imine (C=N–C) groups is 1. The Morgan fingerprint density at radius 1 is 0.766 bits per heavy atom. The molecule has 6 heteroatoms. The number of hydrogen-bond acceptors (Lipinski definition) is 5. The second kappa shape index (κ2) is 11.4. The molecule has 3 heterocycles. The van der Waals surface area contributed by atoms with Gasteiger partial charge in [0.05, 0.1) is 11.4 Å². The van der Waals surface area contributed by atoms with Crippen LogP contribution in [-0.4, -0.2) is 25.8 Å². The summed E-state index contributed by atoms with van der Waals surface area (Å²) in [6.45, 7) is 8.86. The van der Waals surface area contributed by atoms with Gasteiger partial charge in [-0.25, -0.2) is 4.98 Å². The summed E-state index contributed by atoms with van der Waals surface area (Å²) in [7, 11) is 0. The summed E-state index contributed by atoms with van der Waals surface area (Å²) >= 11 is -2.91. The Hall–Kier alpha value is -4.89. The van der Waals surface area contributed by atoms with Gasteiger partial charge in [0.1, 0.15) is 17.0 Å². The minimum atomic E-state index is -2.91. The van der Waals surface area contributed by atoms with E-state index < -0.39 is 20.6 Å². The lowest BCUT2D eigenvalue weighted by molar-refractivity contribution is 0.258. The van der Waals surface area contributed by atoms with E-state index >= 15 is 0 Å². The summed E-state index contributed by atoms with van der Waals surface area (Å²) in [4.78, 5) is 10.1. The van der Waals surface area contributed by atoms with Crippen molar-refractivity contribution in [1.82, 2.24) is 4.98 Å². The number of rotatable bonds is 3. The fourth-order valence-corrected chi connectivity index (χ4v) is 7.65. The summed E-state index contributed by atoms with van der Waals surface area (Å²) in [5, 5.41) is 3.21. The van der Waals surface area contributed by atoms with Crippen LogP contribution in [0.3, 0.4) is 0 Å². The van der Waals surface area contributed by atoms with Crippen LogP contribution in [0.4, 0.5) is 0 Å². The maximum Gasteiger partial charge on any atom is 1.20 e. The standard InChI is InChI=1S/C21H18N2O2.C20H20O.Al/c1-21-11-3-2-6-18(25)20(21)23-16(10-12-21)13-15-9-8-14-5-4-7-17(24)19(14)22-15;1-20(2,3)18-9-6-14(7-10-18)15-4-5-17-13-19(21)11-8-16(17)12-15;/h2-12,24-25H,13H2,1H3;4-13,21H,1-3H3;/q;;+3/p-3. The van der Waals surface area contributed by atoms with Gasteiger partial charge in [-0.1, -0.05) is 106 Å². The van der Waals surface area contributed by atoms with Gasteiger partial charge in [-0.05, 0) is 82.3 Å². The van der Waals surface area contributed by atoms with Crippen molar-refractivity contribution in [2.75, 3.05) is 0 Å². The van der Waals surface area contributed by atoms with Crippen LogP contribution in [0.2, 0.25) is 0 Å². The second-order valence-corrected chi connectivity index (χ2v) is 14.9. The third-order valence-electron chi connectivity index (χ3n) is 9.10. The largest absolute Gasteiger partial charge is 1.20 e. The molecule has 0 amide bonds. The van der Waals surface area contributed by atoms with E-state index in [1.807, 2.05) is 42.5 Å². The van der Waals surface area contributed by atoms with E-state index in [0.29, 0.717) is 23.7 Å². The number of allylic oxidation sites excluding steroid dienone is 5. The van der Waals surface area contributed by atoms with Gasteiger partial charge in [-0.15, -0.1) is 0 Å². The molecule has 1 aliphatic carbocycles. The van der Waals surface area contributed by atoms with Gasteiger partial charge in [-0.2, -0.15) is 0 Å². The Balaban J connectivity index is 1.16. The SMILES string of the molecule is CC12C=CC=CC3=C1N=C(C=C2)Cc1ccc2cccc(c2n1)[O][Al]([O]c1ccc2cc(-c4ccc(C(C)(C)C)cc4)ccc2c1)[O]3. The summed E-state index contributed by atoms with van der Waals surface area (Å²) < 4.78 is 20.0. The average molecular weight is 631 g/mol. The predicted molar refractivity (Wildman–Crippen MR) is 192 cm³/mol. The fraction of sp³-hybridized carbons (Fsp3) is 0.171. The Bertz CT molecular complexity index is 2200. The first-order chi connectivity index (χ1) is 22.7. The summed E-state index contributed by atoms with van der Waals surface area (Å²) in [5.74, 6) is 1.99. The Labute approximate surface area is 280 Å². The molecule has 5 aromatic rings. The topological polar surface area (TPSA) is 52.9 Å². The van der Waals surface area contributed by atoms with Crippen LogP contribution in [0.1, 0.15) is 39.0 Å². The minimum absolute atomic E-state index is 0.124. The number of nitrogens with zero attached hydrogens (tertiary/aromatic N) is 2. The smallest absolute Gasteiger partial charge is 0.577 e. The van der Waals surface area contributed by atoms with E-state index in [9.17, 15) is 0 Å². The average Bonchev–Trinajstić information content (AvgIpc) is 3.22. The van der Waals surface area contributed by atoms with Crippen molar-refractivity contribution in [2.24, 2.45) is 10.4 Å². The Kier molecular flexibility index (Phi) is 7.17. The highest BCUT2D eigenvalue weighted by atomic mass is 27.3. The molecule has 0 saturated carbocycles. The number of para-hydroxylation sites is 1. The molecule has 0 fully saturated rings. The first-order valence-corrected chi connectivity index (χ1v) is 17.5. The highest BCUT2D eigenvalue weighted by molar-refractivity contribution is 6.39. The van der Waals surface area contributed by atoms with Crippen LogP contribution in [0.15, 0.2) is 144 Å². The van der Waals surface area contributed by atoms with Crippen molar-refractivity contribution in [2.45, 2.75) is 39.5 Å². The van der Waals surface area contributed by atoms with Gasteiger partial charge >= 0.3 is 15.1 Å². The molecule has 5 nitrogen and oxygen atoms in total. The normalized spacial score (nSPS) is 18.7. The van der Waals surface area contributed by atoms with Crippen LogP contribution in [0, 0.1) is 5.41 Å². The van der Waals surface area contributed by atoms with Crippen molar-refractivity contribution in [3.8, 4) is 22.6 Å². The molecule has 4 aromatic carbocycles. The first-order valence-electron chi connectivity index (χ1n) is 16.1. The lowest BCUT2D eigenvalue weighted by atomic mass is 9.83. The molecule has 47 heavy (non-hydrogen) atoms. The summed E-state index contributed by atoms with van der Waals surface area (Å²) in [6.07, 6.45) is 13.0. The molecule has 3 aliphatic rings. The van der Waals surface area contributed by atoms with E-state index in [-0.39, 0.29) is 5.41 Å². The molecule has 2 aliphatic heterocycles. The molecule has 230 valence electrons. The molecule has 8 rings (SSSR count). The van der Waals surface area contributed by atoms with Crippen molar-refractivity contribution >= 4 is 42.5 Å². The maximum atomic E-state index is 6.73. The summed E-state index contributed by atoms with van der Waals surface area (Å²) in [5.41, 5.74) is 6.90. The Morgan fingerprint density at radius 3 is 2.40 bits per heavy atom. The zero-order valence-corrected chi connectivity index (χ0v) is 28.2. The van der Waals surface area contributed by atoms with Crippen molar-refractivity contribution in [1.29, 1.82) is 0 Å². The third kappa shape index (κ3) is 5.80. The molecule has 0 spiro atoms. The number of aromatic nitrogens is 1. The molecular formula is C41H35AlN2O3. The van der Waals surface area contributed by atoms with Gasteiger partial charge < -0.3 is 11.4 Å². The molecule has 4 bridgehead atoms. The molecule has 1 atom stereocenters. The maximum absolute atomic E-state index is 6.73. The lowest BCUT2D eigenvalue weighted by Gasteiger charge is -2.29. The van der Waals surface area contributed by atoms with Gasteiger partial charge in [0.15, 0.2) is 0 Å². The number of benzene rings is 4. The van der Waals surface area contributed by atoms with Gasteiger partial charge in [0.2, 0.25) is 0 Å².